The normalized spacial score (nSPS) is 21.4. The minimum absolute atomic E-state index is 0.150. The Labute approximate surface area is 263 Å². The molecule has 10 heteroatoms. The number of ether oxygens (including phenoxy) is 6. The third kappa shape index (κ3) is 9.72. The Morgan fingerprint density at radius 2 is 1.50 bits per heavy atom. The van der Waals surface area contributed by atoms with Crippen molar-refractivity contribution in [3.63, 3.8) is 0 Å². The lowest BCUT2D eigenvalue weighted by molar-refractivity contribution is -0.227. The largest absolute Gasteiger partial charge is 0.497 e. The zero-order chi connectivity index (χ0) is 31.3. The van der Waals surface area contributed by atoms with Crippen LogP contribution >= 0.6 is 11.8 Å². The standard InChI is InChI=1S/C34H41NO8S/c1-5-44-33-31(42-32(36)26-14-10-7-11-15-26)30(43-34(37)35-23(2)3)29(40-21-24-12-8-6-9-13-24)28(41-33)22-39-20-25-16-18-27(38-4)19-17-25/h6-19,23,28-31,33H,5,20-22H2,1-4H3,(H,35,37)/t28-,29-,30+,31-,33+/m1/s1. The first-order valence-electron chi connectivity index (χ1n) is 14.7. The zero-order valence-electron chi connectivity index (χ0n) is 25.5. The van der Waals surface area contributed by atoms with Crippen molar-refractivity contribution < 1.29 is 38.0 Å². The summed E-state index contributed by atoms with van der Waals surface area (Å²) in [6.45, 7) is 6.36. The molecule has 4 rings (SSSR count). The fourth-order valence-electron chi connectivity index (χ4n) is 4.71. The number of carbonyl (C=O) groups excluding carboxylic acids is 2. The van der Waals surface area contributed by atoms with E-state index in [2.05, 4.69) is 5.32 Å². The SMILES string of the molecule is CCS[C@@H]1O[C@H](COCc2ccc(OC)cc2)[C@@H](OCc2ccccc2)[C@H](OC(=O)NC(C)C)[C@H]1OC(=O)c1ccccc1. The van der Waals surface area contributed by atoms with Crippen molar-refractivity contribution in [1.82, 2.24) is 5.32 Å². The van der Waals surface area contributed by atoms with Gasteiger partial charge in [0.2, 0.25) is 0 Å². The first-order valence-corrected chi connectivity index (χ1v) is 15.8. The highest BCUT2D eigenvalue weighted by Gasteiger charge is 2.51. The molecule has 3 aromatic carbocycles. The van der Waals surface area contributed by atoms with Gasteiger partial charge in [-0.25, -0.2) is 9.59 Å². The van der Waals surface area contributed by atoms with Crippen LogP contribution in [-0.4, -0.2) is 67.4 Å². The lowest BCUT2D eigenvalue weighted by atomic mass is 9.99. The second kappa shape index (κ2) is 17.1. The van der Waals surface area contributed by atoms with Gasteiger partial charge in [0.1, 0.15) is 23.4 Å². The monoisotopic (exact) mass is 623 g/mol. The highest BCUT2D eigenvalue weighted by atomic mass is 32.2. The third-order valence-electron chi connectivity index (χ3n) is 6.82. The van der Waals surface area contributed by atoms with Gasteiger partial charge in [0.05, 0.1) is 32.5 Å². The summed E-state index contributed by atoms with van der Waals surface area (Å²) in [5.74, 6) is 0.882. The molecule has 0 spiro atoms. The molecule has 1 N–H and O–H groups in total. The van der Waals surface area contributed by atoms with Crippen LogP contribution in [0.15, 0.2) is 84.9 Å². The van der Waals surface area contributed by atoms with Crippen LogP contribution in [0.4, 0.5) is 4.79 Å². The van der Waals surface area contributed by atoms with E-state index < -0.39 is 41.9 Å². The Balaban J connectivity index is 1.62. The van der Waals surface area contributed by atoms with Crippen LogP contribution in [0.3, 0.4) is 0 Å². The van der Waals surface area contributed by atoms with E-state index in [1.54, 1.807) is 31.4 Å². The van der Waals surface area contributed by atoms with E-state index in [-0.39, 0.29) is 19.3 Å². The summed E-state index contributed by atoms with van der Waals surface area (Å²) in [7, 11) is 1.62. The molecule has 0 saturated carbocycles. The average Bonchev–Trinajstić information content (AvgIpc) is 3.03. The molecule has 236 valence electrons. The lowest BCUT2D eigenvalue weighted by Crippen LogP contribution is -2.61. The molecule has 0 aliphatic carbocycles. The number of benzene rings is 3. The fourth-order valence-corrected chi connectivity index (χ4v) is 5.66. The Morgan fingerprint density at radius 1 is 0.841 bits per heavy atom. The van der Waals surface area contributed by atoms with E-state index in [1.807, 2.05) is 81.4 Å². The van der Waals surface area contributed by atoms with Gasteiger partial charge in [-0.15, -0.1) is 11.8 Å². The first-order chi connectivity index (χ1) is 21.4. The van der Waals surface area contributed by atoms with E-state index in [4.69, 9.17) is 28.4 Å². The van der Waals surface area contributed by atoms with Crippen LogP contribution < -0.4 is 10.1 Å². The van der Waals surface area contributed by atoms with Crippen molar-refractivity contribution in [2.45, 2.75) is 69.9 Å². The van der Waals surface area contributed by atoms with E-state index in [0.717, 1.165) is 16.9 Å². The molecule has 1 heterocycles. The summed E-state index contributed by atoms with van der Waals surface area (Å²) >= 11 is 1.46. The van der Waals surface area contributed by atoms with Crippen LogP contribution in [0, 0.1) is 0 Å². The van der Waals surface area contributed by atoms with Gasteiger partial charge < -0.3 is 33.7 Å². The van der Waals surface area contributed by atoms with Crippen molar-refractivity contribution in [3.8, 4) is 5.75 Å². The number of nitrogens with one attached hydrogen (secondary N) is 1. The molecule has 0 radical (unpaired) electrons. The molecule has 44 heavy (non-hydrogen) atoms. The maximum atomic E-state index is 13.3. The Kier molecular flexibility index (Phi) is 12.9. The second-order valence-electron chi connectivity index (χ2n) is 10.5. The van der Waals surface area contributed by atoms with E-state index in [1.165, 1.54) is 11.8 Å². The molecule has 0 bridgehead atoms. The van der Waals surface area contributed by atoms with Gasteiger partial charge in [0, 0.05) is 6.04 Å². The smallest absolute Gasteiger partial charge is 0.407 e. The first kappa shape index (κ1) is 33.3. The van der Waals surface area contributed by atoms with Crippen molar-refractivity contribution in [1.29, 1.82) is 0 Å². The highest BCUT2D eigenvalue weighted by molar-refractivity contribution is 7.99. The topological polar surface area (TPSA) is 102 Å². The number of rotatable bonds is 14. The average molecular weight is 624 g/mol. The van der Waals surface area contributed by atoms with Crippen LogP contribution in [-0.2, 0) is 36.9 Å². The van der Waals surface area contributed by atoms with Gasteiger partial charge in [-0.1, -0.05) is 67.6 Å². The Bertz CT molecular complexity index is 1290. The van der Waals surface area contributed by atoms with Gasteiger partial charge in [-0.05, 0) is 55.0 Å². The van der Waals surface area contributed by atoms with E-state index >= 15 is 0 Å². The van der Waals surface area contributed by atoms with Gasteiger partial charge in [-0.3, -0.25) is 0 Å². The summed E-state index contributed by atoms with van der Waals surface area (Å²) in [4.78, 5) is 26.3. The number of hydrogen-bond acceptors (Lipinski definition) is 9. The fraction of sp³-hybridized carbons (Fsp3) is 0.412. The zero-order valence-corrected chi connectivity index (χ0v) is 26.4. The molecule has 3 aromatic rings. The lowest BCUT2D eigenvalue weighted by Gasteiger charge is -2.45. The predicted octanol–water partition coefficient (Wildman–Crippen LogP) is 6.00. The molecule has 5 atom stereocenters. The molecule has 9 nitrogen and oxygen atoms in total. The number of carbonyl (C=O) groups is 2. The van der Waals surface area contributed by atoms with Crippen molar-refractivity contribution >= 4 is 23.8 Å². The molecule has 1 aliphatic rings. The van der Waals surface area contributed by atoms with Gasteiger partial charge in [-0.2, -0.15) is 0 Å². The van der Waals surface area contributed by atoms with Crippen LogP contribution in [0.5, 0.6) is 5.75 Å². The summed E-state index contributed by atoms with van der Waals surface area (Å²) in [6.07, 6.45) is -4.03. The van der Waals surface area contributed by atoms with Crippen molar-refractivity contribution in [3.05, 3.63) is 102 Å². The molecule has 0 unspecified atom stereocenters. The third-order valence-corrected chi connectivity index (χ3v) is 7.86. The minimum Gasteiger partial charge on any atom is -0.497 e. The van der Waals surface area contributed by atoms with Gasteiger partial charge >= 0.3 is 12.1 Å². The van der Waals surface area contributed by atoms with Crippen molar-refractivity contribution in [2.24, 2.45) is 0 Å². The maximum Gasteiger partial charge on any atom is 0.407 e. The van der Waals surface area contributed by atoms with Crippen LogP contribution in [0.2, 0.25) is 0 Å². The number of esters is 1. The number of alkyl carbamates (subject to hydrolysis) is 1. The minimum atomic E-state index is -0.988. The van der Waals surface area contributed by atoms with Crippen LogP contribution in [0.25, 0.3) is 0 Å². The summed E-state index contributed by atoms with van der Waals surface area (Å²) in [5.41, 5.74) is 1.63. The Hall–Kier alpha value is -3.57. The molecule has 1 amide bonds. The predicted molar refractivity (Wildman–Crippen MR) is 169 cm³/mol. The highest BCUT2D eigenvalue weighted by Crippen LogP contribution is 2.35. The summed E-state index contributed by atoms with van der Waals surface area (Å²) in [6, 6.07) is 25.8. The summed E-state index contributed by atoms with van der Waals surface area (Å²) < 4.78 is 36.5. The number of methoxy groups -OCH3 is 1. The molecule has 0 aromatic heterocycles. The van der Waals surface area contributed by atoms with Gasteiger partial charge in [0.15, 0.2) is 12.2 Å². The van der Waals surface area contributed by atoms with E-state index in [0.29, 0.717) is 17.9 Å². The molecular formula is C34H41NO8S. The molecule has 1 aliphatic heterocycles. The van der Waals surface area contributed by atoms with Crippen LogP contribution in [0.1, 0.15) is 42.3 Å². The number of thioether (sulfide) groups is 1. The summed E-state index contributed by atoms with van der Waals surface area (Å²) in [5, 5.41) is 2.78. The number of hydrogen-bond donors (Lipinski definition) is 1. The quantitative estimate of drug-likeness (QED) is 0.217. The van der Waals surface area contributed by atoms with E-state index in [9.17, 15) is 9.59 Å². The maximum absolute atomic E-state index is 13.3. The molecule has 1 fully saturated rings. The molecular weight excluding hydrogens is 582 g/mol. The van der Waals surface area contributed by atoms with Crippen molar-refractivity contribution in [2.75, 3.05) is 19.5 Å². The second-order valence-corrected chi connectivity index (χ2v) is 11.9. The van der Waals surface area contributed by atoms with Gasteiger partial charge in [0.25, 0.3) is 0 Å². The molecule has 1 saturated heterocycles. The number of amides is 1. The Morgan fingerprint density at radius 3 is 2.14 bits per heavy atom.